The number of anilines is 2. The van der Waals surface area contributed by atoms with E-state index in [9.17, 15) is 0 Å². The monoisotopic (exact) mass is 306 g/mol. The van der Waals surface area contributed by atoms with E-state index in [0.717, 1.165) is 30.9 Å². The van der Waals surface area contributed by atoms with E-state index in [1.54, 1.807) is 0 Å². The molecule has 3 N–H and O–H groups in total. The van der Waals surface area contributed by atoms with Gasteiger partial charge in [0.1, 0.15) is 11.5 Å². The lowest BCUT2D eigenvalue weighted by Gasteiger charge is -2.20. The molecule has 0 bridgehead atoms. The van der Waals surface area contributed by atoms with Crippen LogP contribution in [0.15, 0.2) is 0 Å². The Morgan fingerprint density at radius 1 is 1.09 bits per heavy atom. The lowest BCUT2D eigenvalue weighted by atomic mass is 10.1. The molecule has 0 aromatic carbocycles. The highest BCUT2D eigenvalue weighted by Gasteiger charge is 2.17. The van der Waals surface area contributed by atoms with E-state index in [4.69, 9.17) is 10.5 Å². The number of nitrogens with two attached hydrogens (primary N) is 1. The van der Waals surface area contributed by atoms with Gasteiger partial charge in [0.05, 0.1) is 6.61 Å². The minimum absolute atomic E-state index is 0.466. The van der Waals surface area contributed by atoms with Crippen LogP contribution >= 0.6 is 0 Å². The highest BCUT2D eigenvalue weighted by molar-refractivity contribution is 5.67. The van der Waals surface area contributed by atoms with Gasteiger partial charge in [-0.1, -0.05) is 39.5 Å². The molecule has 5 nitrogen and oxygen atoms in total. The Morgan fingerprint density at radius 2 is 1.82 bits per heavy atom. The minimum Gasteiger partial charge on any atom is -0.476 e. The van der Waals surface area contributed by atoms with Crippen molar-refractivity contribution in [3.8, 4) is 5.88 Å². The molecule has 0 aliphatic heterocycles. The topological polar surface area (TPSA) is 73.1 Å². The molecule has 0 saturated heterocycles. The fraction of sp³-hybridized carbons (Fsp3) is 0.765. The maximum atomic E-state index is 6.23. The summed E-state index contributed by atoms with van der Waals surface area (Å²) in [7, 11) is 0. The van der Waals surface area contributed by atoms with Crippen molar-refractivity contribution in [2.45, 2.75) is 77.7 Å². The second-order valence-electron chi connectivity index (χ2n) is 6.14. The van der Waals surface area contributed by atoms with E-state index in [0.29, 0.717) is 24.2 Å². The van der Waals surface area contributed by atoms with Gasteiger partial charge in [0.25, 0.3) is 0 Å². The Kier molecular flexibility index (Phi) is 6.74. The smallest absolute Gasteiger partial charge is 0.242 e. The Morgan fingerprint density at radius 3 is 2.45 bits per heavy atom. The minimum atomic E-state index is 0.466. The fourth-order valence-electron chi connectivity index (χ4n) is 2.86. The molecule has 22 heavy (non-hydrogen) atoms. The average molecular weight is 306 g/mol. The molecule has 5 heteroatoms. The molecule has 0 amide bonds. The predicted octanol–water partition coefficient (Wildman–Crippen LogP) is 3.93. The third-order valence-electron chi connectivity index (χ3n) is 4.07. The van der Waals surface area contributed by atoms with E-state index < -0.39 is 0 Å². The molecule has 0 spiro atoms. The molecule has 1 saturated carbocycles. The molecule has 1 aromatic heterocycles. The molecule has 2 rings (SSSR count). The number of aryl methyl sites for hydroxylation is 1. The Bertz CT molecular complexity index is 456. The van der Waals surface area contributed by atoms with Gasteiger partial charge in [-0.05, 0) is 25.7 Å². The molecule has 1 aliphatic carbocycles. The zero-order valence-corrected chi connectivity index (χ0v) is 14.0. The predicted molar refractivity (Wildman–Crippen MR) is 91.3 cm³/mol. The van der Waals surface area contributed by atoms with Gasteiger partial charge in [-0.2, -0.15) is 4.98 Å². The third-order valence-corrected chi connectivity index (χ3v) is 4.07. The van der Waals surface area contributed by atoms with Crippen LogP contribution in [0.1, 0.15) is 71.0 Å². The first-order chi connectivity index (χ1) is 10.7. The number of rotatable bonds is 7. The lowest BCUT2D eigenvalue weighted by molar-refractivity contribution is 0.305. The second-order valence-corrected chi connectivity index (χ2v) is 6.14. The Hall–Kier alpha value is -1.52. The zero-order valence-electron chi connectivity index (χ0n) is 14.0. The van der Waals surface area contributed by atoms with Gasteiger partial charge in [-0.3, -0.25) is 0 Å². The fourth-order valence-corrected chi connectivity index (χ4v) is 2.86. The van der Waals surface area contributed by atoms with E-state index >= 15 is 0 Å². The maximum Gasteiger partial charge on any atom is 0.242 e. The van der Waals surface area contributed by atoms with Crippen LogP contribution < -0.4 is 15.8 Å². The summed E-state index contributed by atoms with van der Waals surface area (Å²) in [5.41, 5.74) is 6.79. The van der Waals surface area contributed by atoms with Crippen molar-refractivity contribution in [1.29, 1.82) is 0 Å². The van der Waals surface area contributed by atoms with Crippen molar-refractivity contribution in [2.75, 3.05) is 17.7 Å². The van der Waals surface area contributed by atoms with E-state index in [1.165, 1.54) is 38.5 Å². The first-order valence-electron chi connectivity index (χ1n) is 8.80. The molecule has 0 unspecified atom stereocenters. The van der Waals surface area contributed by atoms with Crippen molar-refractivity contribution in [1.82, 2.24) is 9.97 Å². The van der Waals surface area contributed by atoms with Gasteiger partial charge < -0.3 is 15.8 Å². The Balaban J connectivity index is 2.17. The first kappa shape index (κ1) is 16.8. The van der Waals surface area contributed by atoms with Crippen LogP contribution in [0.4, 0.5) is 11.5 Å². The van der Waals surface area contributed by atoms with Crippen molar-refractivity contribution < 1.29 is 4.74 Å². The van der Waals surface area contributed by atoms with Crippen LogP contribution in [0, 0.1) is 0 Å². The molecule has 1 aliphatic rings. The summed E-state index contributed by atoms with van der Waals surface area (Å²) >= 11 is 0. The summed E-state index contributed by atoms with van der Waals surface area (Å²) in [6, 6.07) is 0.466. The number of nitrogen functional groups attached to an aromatic ring is 1. The van der Waals surface area contributed by atoms with Gasteiger partial charge >= 0.3 is 0 Å². The summed E-state index contributed by atoms with van der Waals surface area (Å²) in [4.78, 5) is 9.10. The zero-order chi connectivity index (χ0) is 15.8. The summed E-state index contributed by atoms with van der Waals surface area (Å²) in [6.45, 7) is 4.84. The van der Waals surface area contributed by atoms with Crippen LogP contribution in [0.5, 0.6) is 5.88 Å². The first-order valence-corrected chi connectivity index (χ1v) is 8.80. The van der Waals surface area contributed by atoms with E-state index in [2.05, 4.69) is 29.1 Å². The SMILES string of the molecule is CCCOc1nc(CCC)nc(NC2CCCCCC2)c1N. The quantitative estimate of drug-likeness (QED) is 0.747. The number of ether oxygens (including phenoxy) is 1. The Labute approximate surface area is 134 Å². The number of nitrogens with zero attached hydrogens (tertiary/aromatic N) is 2. The average Bonchev–Trinajstić information content (AvgIpc) is 2.78. The van der Waals surface area contributed by atoms with Gasteiger partial charge in [0.2, 0.25) is 5.88 Å². The van der Waals surface area contributed by atoms with Crippen molar-refractivity contribution >= 4 is 11.5 Å². The second kappa shape index (κ2) is 8.81. The largest absolute Gasteiger partial charge is 0.476 e. The molecular formula is C17H30N4O. The number of nitrogens with one attached hydrogen (secondary N) is 1. The van der Waals surface area contributed by atoms with Gasteiger partial charge in [0.15, 0.2) is 5.82 Å². The highest BCUT2D eigenvalue weighted by atomic mass is 16.5. The maximum absolute atomic E-state index is 6.23. The normalized spacial score (nSPS) is 16.3. The molecule has 0 radical (unpaired) electrons. The molecule has 124 valence electrons. The molecule has 0 atom stereocenters. The van der Waals surface area contributed by atoms with E-state index in [1.807, 2.05) is 0 Å². The molecule has 1 fully saturated rings. The molecular weight excluding hydrogens is 276 g/mol. The standard InChI is InChI=1S/C17H30N4O/c1-3-9-14-20-16(15(18)17(21-14)22-12-4-2)19-13-10-7-5-6-8-11-13/h13H,3-12,18H2,1-2H3,(H,19,20,21). The van der Waals surface area contributed by atoms with Crippen LogP contribution in [-0.2, 0) is 6.42 Å². The summed E-state index contributed by atoms with van der Waals surface area (Å²) in [6.07, 6.45) is 10.4. The highest BCUT2D eigenvalue weighted by Crippen LogP contribution is 2.29. The van der Waals surface area contributed by atoms with Crippen molar-refractivity contribution in [3.63, 3.8) is 0 Å². The van der Waals surface area contributed by atoms with Crippen LogP contribution in [0.3, 0.4) is 0 Å². The number of hydrogen-bond donors (Lipinski definition) is 2. The van der Waals surface area contributed by atoms with E-state index in [-0.39, 0.29) is 0 Å². The number of aromatic nitrogens is 2. The van der Waals surface area contributed by atoms with Gasteiger partial charge in [0, 0.05) is 12.5 Å². The van der Waals surface area contributed by atoms with Crippen molar-refractivity contribution in [3.05, 3.63) is 5.82 Å². The van der Waals surface area contributed by atoms with Gasteiger partial charge in [-0.25, -0.2) is 4.98 Å². The van der Waals surface area contributed by atoms with Gasteiger partial charge in [-0.15, -0.1) is 0 Å². The third kappa shape index (κ3) is 4.75. The van der Waals surface area contributed by atoms with Crippen LogP contribution in [0.2, 0.25) is 0 Å². The summed E-state index contributed by atoms with van der Waals surface area (Å²) in [5, 5.41) is 3.55. The van der Waals surface area contributed by atoms with Crippen LogP contribution in [-0.4, -0.2) is 22.6 Å². The molecule has 1 heterocycles. The van der Waals surface area contributed by atoms with Crippen molar-refractivity contribution in [2.24, 2.45) is 0 Å². The van der Waals surface area contributed by atoms with Crippen LogP contribution in [0.25, 0.3) is 0 Å². The molecule has 1 aromatic rings. The lowest BCUT2D eigenvalue weighted by Crippen LogP contribution is -2.21. The number of hydrogen-bond acceptors (Lipinski definition) is 5. The summed E-state index contributed by atoms with van der Waals surface area (Å²) < 4.78 is 5.71. The summed E-state index contributed by atoms with van der Waals surface area (Å²) in [5.74, 6) is 2.12.